The summed E-state index contributed by atoms with van der Waals surface area (Å²) in [6.07, 6.45) is 1.83. The van der Waals surface area contributed by atoms with Gasteiger partial charge in [0.15, 0.2) is 0 Å². The Morgan fingerprint density at radius 1 is 1.17 bits per heavy atom. The standard InChI is InChI=1S/C17H15N3O2S.ClH/c1-22-14-7-5-11(6-8-14)15-10-19-17(23-15)13-4-2-3-12(9-13)16(21)20-18;/h2-10H,18H2,1H3,(H,20,21);1H. The van der Waals surface area contributed by atoms with Crippen LogP contribution in [0, 0.1) is 0 Å². The van der Waals surface area contributed by atoms with E-state index in [1.54, 1.807) is 30.6 Å². The molecule has 1 amide bonds. The summed E-state index contributed by atoms with van der Waals surface area (Å²) in [7, 11) is 1.64. The molecular formula is C17H16ClN3O2S. The van der Waals surface area contributed by atoms with Gasteiger partial charge in [-0.15, -0.1) is 23.7 Å². The molecule has 3 rings (SSSR count). The number of carbonyl (C=O) groups excluding carboxylic acids is 1. The summed E-state index contributed by atoms with van der Waals surface area (Å²) in [6.45, 7) is 0. The van der Waals surface area contributed by atoms with Gasteiger partial charge in [0.2, 0.25) is 0 Å². The van der Waals surface area contributed by atoms with Gasteiger partial charge in [0, 0.05) is 17.3 Å². The highest BCUT2D eigenvalue weighted by molar-refractivity contribution is 7.18. The molecule has 3 N–H and O–H groups in total. The highest BCUT2D eigenvalue weighted by Crippen LogP contribution is 2.33. The predicted octanol–water partition coefficient (Wildman–Crippen LogP) is 3.51. The molecule has 0 atom stereocenters. The van der Waals surface area contributed by atoms with E-state index >= 15 is 0 Å². The van der Waals surface area contributed by atoms with Crippen molar-refractivity contribution in [3.63, 3.8) is 0 Å². The van der Waals surface area contributed by atoms with Gasteiger partial charge < -0.3 is 4.74 Å². The zero-order valence-electron chi connectivity index (χ0n) is 12.9. The summed E-state index contributed by atoms with van der Waals surface area (Å²) >= 11 is 1.57. The molecule has 0 bridgehead atoms. The Morgan fingerprint density at radius 2 is 1.92 bits per heavy atom. The number of halogens is 1. The van der Waals surface area contributed by atoms with Gasteiger partial charge in [-0.3, -0.25) is 10.2 Å². The van der Waals surface area contributed by atoms with Gasteiger partial charge >= 0.3 is 0 Å². The minimum Gasteiger partial charge on any atom is -0.497 e. The first-order valence-corrected chi connectivity index (χ1v) is 7.74. The quantitative estimate of drug-likeness (QED) is 0.423. The van der Waals surface area contributed by atoms with E-state index in [1.165, 1.54) is 0 Å². The van der Waals surface area contributed by atoms with Crippen molar-refractivity contribution < 1.29 is 9.53 Å². The fourth-order valence-electron chi connectivity index (χ4n) is 2.17. The number of benzene rings is 2. The molecule has 2 aromatic carbocycles. The van der Waals surface area contributed by atoms with Crippen LogP contribution in [0.15, 0.2) is 54.7 Å². The number of hydrazine groups is 1. The van der Waals surface area contributed by atoms with Gasteiger partial charge in [-0.25, -0.2) is 10.8 Å². The minimum absolute atomic E-state index is 0. The zero-order chi connectivity index (χ0) is 16.2. The third-order valence-corrected chi connectivity index (χ3v) is 4.48. The van der Waals surface area contributed by atoms with Gasteiger partial charge in [-0.05, 0) is 42.0 Å². The highest BCUT2D eigenvalue weighted by atomic mass is 35.5. The van der Waals surface area contributed by atoms with Crippen molar-refractivity contribution >= 4 is 29.7 Å². The van der Waals surface area contributed by atoms with Crippen LogP contribution < -0.4 is 16.0 Å². The fourth-order valence-corrected chi connectivity index (χ4v) is 3.09. The number of ether oxygens (including phenoxy) is 1. The lowest BCUT2D eigenvalue weighted by molar-refractivity contribution is 0.0953. The van der Waals surface area contributed by atoms with Crippen LogP contribution in [0.5, 0.6) is 5.75 Å². The number of hydrogen-bond acceptors (Lipinski definition) is 5. The summed E-state index contributed by atoms with van der Waals surface area (Å²) < 4.78 is 5.17. The predicted molar refractivity (Wildman–Crippen MR) is 98.4 cm³/mol. The molecule has 1 aromatic heterocycles. The second-order valence-electron chi connectivity index (χ2n) is 4.81. The van der Waals surface area contributed by atoms with Crippen molar-refractivity contribution in [3.05, 3.63) is 60.3 Å². The van der Waals surface area contributed by atoms with Crippen LogP contribution in [0.1, 0.15) is 10.4 Å². The molecule has 0 saturated carbocycles. The normalized spacial score (nSPS) is 9.92. The number of rotatable bonds is 4. The molecule has 7 heteroatoms. The van der Waals surface area contributed by atoms with E-state index in [0.29, 0.717) is 5.56 Å². The maximum Gasteiger partial charge on any atom is 0.265 e. The number of nitrogens with zero attached hydrogens (tertiary/aromatic N) is 1. The monoisotopic (exact) mass is 361 g/mol. The lowest BCUT2D eigenvalue weighted by atomic mass is 10.1. The molecule has 0 fully saturated rings. The molecule has 124 valence electrons. The van der Waals surface area contributed by atoms with Crippen molar-refractivity contribution in [1.29, 1.82) is 0 Å². The van der Waals surface area contributed by atoms with Gasteiger partial charge in [0.05, 0.1) is 12.0 Å². The molecule has 1 heterocycles. The lowest BCUT2D eigenvalue weighted by Crippen LogP contribution is -2.29. The molecule has 0 spiro atoms. The van der Waals surface area contributed by atoms with Crippen LogP contribution in [-0.2, 0) is 0 Å². The summed E-state index contributed by atoms with van der Waals surface area (Å²) in [5.74, 6) is 5.67. The van der Waals surface area contributed by atoms with E-state index in [9.17, 15) is 4.79 Å². The number of amides is 1. The number of thiazole rings is 1. The lowest BCUT2D eigenvalue weighted by Gasteiger charge is -2.02. The van der Waals surface area contributed by atoms with Crippen LogP contribution >= 0.6 is 23.7 Å². The van der Waals surface area contributed by atoms with Gasteiger partial charge in [-0.1, -0.05) is 12.1 Å². The van der Waals surface area contributed by atoms with Crippen LogP contribution in [0.4, 0.5) is 0 Å². The minimum atomic E-state index is -0.321. The maximum absolute atomic E-state index is 11.6. The Balaban J connectivity index is 0.00000208. The summed E-state index contributed by atoms with van der Waals surface area (Å²) in [4.78, 5) is 17.1. The Labute approximate surface area is 149 Å². The topological polar surface area (TPSA) is 77.2 Å². The third kappa shape index (κ3) is 3.73. The summed E-state index contributed by atoms with van der Waals surface area (Å²) in [5, 5.41) is 0.850. The van der Waals surface area contributed by atoms with E-state index < -0.39 is 0 Å². The number of nitrogens with two attached hydrogens (primary N) is 1. The maximum atomic E-state index is 11.6. The molecule has 0 radical (unpaired) electrons. The number of hydrogen-bond donors (Lipinski definition) is 2. The van der Waals surface area contributed by atoms with Gasteiger partial charge in [0.25, 0.3) is 5.91 Å². The second kappa shape index (κ2) is 7.92. The van der Waals surface area contributed by atoms with Crippen LogP contribution in [0.25, 0.3) is 21.0 Å². The molecule has 0 saturated heterocycles. The average molecular weight is 362 g/mol. The van der Waals surface area contributed by atoms with Crippen molar-refractivity contribution in [1.82, 2.24) is 10.4 Å². The molecule has 24 heavy (non-hydrogen) atoms. The molecule has 0 aliphatic carbocycles. The van der Waals surface area contributed by atoms with Crippen LogP contribution in [0.3, 0.4) is 0 Å². The third-order valence-electron chi connectivity index (χ3n) is 3.38. The Morgan fingerprint density at radius 3 is 2.58 bits per heavy atom. The molecular weight excluding hydrogens is 346 g/mol. The van der Waals surface area contributed by atoms with E-state index in [0.717, 1.165) is 26.8 Å². The first-order valence-electron chi connectivity index (χ1n) is 6.93. The first-order chi connectivity index (χ1) is 11.2. The van der Waals surface area contributed by atoms with Crippen molar-refractivity contribution in [2.45, 2.75) is 0 Å². The average Bonchev–Trinajstić information content (AvgIpc) is 3.11. The van der Waals surface area contributed by atoms with E-state index in [-0.39, 0.29) is 18.3 Å². The fraction of sp³-hybridized carbons (Fsp3) is 0.0588. The number of aromatic nitrogens is 1. The van der Waals surface area contributed by atoms with Gasteiger partial charge in [0.1, 0.15) is 10.8 Å². The Hall–Kier alpha value is -2.41. The largest absolute Gasteiger partial charge is 0.497 e. The number of carbonyl (C=O) groups is 1. The van der Waals surface area contributed by atoms with E-state index in [4.69, 9.17) is 10.6 Å². The summed E-state index contributed by atoms with van der Waals surface area (Å²) in [6, 6.07) is 15.0. The Kier molecular flexibility index (Phi) is 5.92. The highest BCUT2D eigenvalue weighted by Gasteiger charge is 2.10. The number of methoxy groups -OCH3 is 1. The Bertz CT molecular complexity index is 834. The van der Waals surface area contributed by atoms with Crippen LogP contribution in [-0.4, -0.2) is 18.0 Å². The molecule has 5 nitrogen and oxygen atoms in total. The van der Waals surface area contributed by atoms with Crippen molar-refractivity contribution in [2.75, 3.05) is 7.11 Å². The van der Waals surface area contributed by atoms with E-state index in [2.05, 4.69) is 10.4 Å². The summed E-state index contributed by atoms with van der Waals surface area (Å²) in [5.41, 5.74) is 4.60. The zero-order valence-corrected chi connectivity index (χ0v) is 14.5. The van der Waals surface area contributed by atoms with Gasteiger partial charge in [-0.2, -0.15) is 0 Å². The molecule has 0 aliphatic heterocycles. The van der Waals surface area contributed by atoms with E-state index in [1.807, 2.05) is 42.6 Å². The number of nitrogens with one attached hydrogen (secondary N) is 1. The second-order valence-corrected chi connectivity index (χ2v) is 5.84. The molecule has 3 aromatic rings. The molecule has 0 unspecified atom stereocenters. The van der Waals surface area contributed by atoms with Crippen molar-refractivity contribution in [2.24, 2.45) is 5.84 Å². The first kappa shape index (κ1) is 17.9. The SMILES string of the molecule is COc1ccc(-c2cnc(-c3cccc(C(=O)NN)c3)s2)cc1.Cl. The van der Waals surface area contributed by atoms with Crippen molar-refractivity contribution in [3.8, 4) is 26.8 Å². The van der Waals surface area contributed by atoms with Crippen LogP contribution in [0.2, 0.25) is 0 Å². The number of nitrogen functional groups attached to an aromatic ring is 1. The smallest absolute Gasteiger partial charge is 0.265 e. The molecule has 0 aliphatic rings.